The van der Waals surface area contributed by atoms with Crippen LogP contribution in [0.25, 0.3) is 0 Å². The highest BCUT2D eigenvalue weighted by Crippen LogP contribution is 2.26. The Morgan fingerprint density at radius 1 is 1.02 bits per heavy atom. The first kappa shape index (κ1) is 28.3. The number of nitrogens with zero attached hydrogens (tertiary/aromatic N) is 4. The van der Waals surface area contributed by atoms with E-state index >= 15 is 0 Å². The second-order valence-electron chi connectivity index (χ2n) is 10.6. The van der Waals surface area contributed by atoms with Gasteiger partial charge >= 0.3 is 0 Å². The molecule has 1 amide bonds. The van der Waals surface area contributed by atoms with E-state index < -0.39 is 0 Å². The van der Waals surface area contributed by atoms with Crippen LogP contribution in [-0.4, -0.2) is 83.2 Å². The van der Waals surface area contributed by atoms with Crippen molar-refractivity contribution in [3.8, 4) is 11.5 Å². The molecule has 10 nitrogen and oxygen atoms in total. The van der Waals surface area contributed by atoms with Gasteiger partial charge in [-0.25, -0.2) is 9.97 Å². The molecule has 0 unspecified atom stereocenters. The van der Waals surface area contributed by atoms with Gasteiger partial charge in [0, 0.05) is 43.4 Å². The van der Waals surface area contributed by atoms with Gasteiger partial charge in [0.25, 0.3) is 0 Å². The number of carbonyl (C=O) groups is 1. The minimum atomic E-state index is -0.00722. The quantitative estimate of drug-likeness (QED) is 0.221. The van der Waals surface area contributed by atoms with Gasteiger partial charge in [-0.05, 0) is 75.8 Å². The molecule has 0 radical (unpaired) electrons. The summed E-state index contributed by atoms with van der Waals surface area (Å²) in [4.78, 5) is 25.5. The summed E-state index contributed by atoms with van der Waals surface area (Å²) in [6.45, 7) is 4.11. The fraction of sp³-hybridized carbons (Fsp3) is 0.355. The molecule has 1 atom stereocenters. The molecular formula is C31H38N8O2. The fourth-order valence-corrected chi connectivity index (χ4v) is 5.20. The number of nitrogens with two attached hydrogens (primary N) is 1. The van der Waals surface area contributed by atoms with Crippen LogP contribution in [0.5, 0.6) is 11.5 Å². The number of nitrogens with one attached hydrogen (secondary N) is 3. The van der Waals surface area contributed by atoms with E-state index in [2.05, 4.69) is 32.5 Å². The molecule has 5 N–H and O–H groups in total. The number of carbonyl (C=O) groups excluding carboxylic acids is 1. The molecule has 0 aliphatic carbocycles. The molecule has 2 saturated heterocycles. The Bertz CT molecular complexity index is 1350. The highest BCUT2D eigenvalue weighted by molar-refractivity contribution is 6.16. The molecule has 0 saturated carbocycles. The lowest BCUT2D eigenvalue weighted by Gasteiger charge is -2.29. The molecule has 2 fully saturated rings. The van der Waals surface area contributed by atoms with E-state index in [0.29, 0.717) is 48.4 Å². The van der Waals surface area contributed by atoms with Gasteiger partial charge in [0.05, 0.1) is 11.3 Å². The predicted octanol–water partition coefficient (Wildman–Crippen LogP) is 3.52. The second kappa shape index (κ2) is 13.4. The van der Waals surface area contributed by atoms with Crippen LogP contribution >= 0.6 is 0 Å². The summed E-state index contributed by atoms with van der Waals surface area (Å²) in [5.41, 5.74) is 7.55. The molecular weight excluding hydrogens is 516 g/mol. The van der Waals surface area contributed by atoms with E-state index in [1.54, 1.807) is 6.08 Å². The number of hydrogen-bond acceptors (Lipinski definition) is 9. The van der Waals surface area contributed by atoms with E-state index in [-0.39, 0.29) is 23.5 Å². The van der Waals surface area contributed by atoms with Crippen LogP contribution in [0, 0.1) is 5.41 Å². The number of benzene rings is 2. The molecule has 2 aliphatic rings. The summed E-state index contributed by atoms with van der Waals surface area (Å²) in [5.74, 6) is 2.14. The van der Waals surface area contributed by atoms with E-state index in [0.717, 1.165) is 38.1 Å². The lowest BCUT2D eigenvalue weighted by atomic mass is 10.0. The summed E-state index contributed by atoms with van der Waals surface area (Å²) >= 11 is 0. The van der Waals surface area contributed by atoms with Gasteiger partial charge in [-0.3, -0.25) is 10.2 Å². The third-order valence-corrected chi connectivity index (χ3v) is 7.59. The molecule has 2 aromatic carbocycles. The molecule has 0 spiro atoms. The number of nitrogen functional groups attached to an aromatic ring is 1. The molecule has 2 aliphatic heterocycles. The van der Waals surface area contributed by atoms with Gasteiger partial charge in [0.15, 0.2) is 0 Å². The van der Waals surface area contributed by atoms with Gasteiger partial charge < -0.3 is 30.9 Å². The number of hydrogen-bond donors (Lipinski definition) is 4. The number of piperidine rings is 1. The number of amides is 1. The standard InChI is InChI=1S/C31H38N8O2/c1-38-17-13-23(14-18-38)34-16-5-8-27(40)39-19-15-24(20-39)37-31-28(30(33)35-21-36-31)29(32)22-9-11-26(12-10-22)41-25-6-3-2-4-7-25/h2-12,21,23-24,32,34H,13-20H2,1H3,(H3,33,35,36,37)/b8-5+,32-29?/t24-/m1/s1. The van der Waals surface area contributed by atoms with Crippen molar-refractivity contribution in [2.45, 2.75) is 31.3 Å². The van der Waals surface area contributed by atoms with Gasteiger partial charge in [0.2, 0.25) is 5.91 Å². The van der Waals surface area contributed by atoms with Crippen molar-refractivity contribution in [1.82, 2.24) is 25.1 Å². The van der Waals surface area contributed by atoms with Crippen LogP contribution in [0.1, 0.15) is 30.4 Å². The average Bonchev–Trinajstić information content (AvgIpc) is 3.45. The van der Waals surface area contributed by atoms with Crippen LogP contribution in [0.4, 0.5) is 11.6 Å². The van der Waals surface area contributed by atoms with E-state index in [4.69, 9.17) is 15.9 Å². The van der Waals surface area contributed by atoms with Gasteiger partial charge in [0.1, 0.15) is 29.5 Å². The zero-order valence-electron chi connectivity index (χ0n) is 23.4. The van der Waals surface area contributed by atoms with Gasteiger partial charge in [-0.1, -0.05) is 24.3 Å². The number of aromatic nitrogens is 2. The van der Waals surface area contributed by atoms with E-state index in [9.17, 15) is 4.79 Å². The maximum atomic E-state index is 12.8. The number of anilines is 2. The van der Waals surface area contributed by atoms with Crippen molar-refractivity contribution in [1.29, 1.82) is 5.41 Å². The van der Waals surface area contributed by atoms with Crippen LogP contribution < -0.4 is 21.1 Å². The van der Waals surface area contributed by atoms with Crippen molar-refractivity contribution in [3.63, 3.8) is 0 Å². The lowest BCUT2D eigenvalue weighted by molar-refractivity contribution is -0.125. The summed E-state index contributed by atoms with van der Waals surface area (Å²) in [5, 5.41) is 15.8. The number of likely N-dealkylation sites (tertiary alicyclic amines) is 2. The molecule has 214 valence electrons. The maximum Gasteiger partial charge on any atom is 0.246 e. The van der Waals surface area contributed by atoms with Crippen molar-refractivity contribution in [2.75, 3.05) is 50.8 Å². The summed E-state index contributed by atoms with van der Waals surface area (Å²) in [7, 11) is 2.15. The second-order valence-corrected chi connectivity index (χ2v) is 10.6. The predicted molar refractivity (Wildman–Crippen MR) is 162 cm³/mol. The highest BCUT2D eigenvalue weighted by atomic mass is 16.5. The molecule has 0 bridgehead atoms. The molecule has 10 heteroatoms. The van der Waals surface area contributed by atoms with Crippen LogP contribution in [0.3, 0.4) is 0 Å². The first-order valence-electron chi connectivity index (χ1n) is 14.1. The first-order chi connectivity index (χ1) is 20.0. The zero-order valence-corrected chi connectivity index (χ0v) is 23.4. The van der Waals surface area contributed by atoms with Crippen molar-refractivity contribution in [3.05, 3.63) is 84.2 Å². The Morgan fingerprint density at radius 2 is 1.73 bits per heavy atom. The monoisotopic (exact) mass is 554 g/mol. The Balaban J connectivity index is 1.16. The Kier molecular flexibility index (Phi) is 9.22. The van der Waals surface area contributed by atoms with Crippen LogP contribution in [-0.2, 0) is 4.79 Å². The normalized spacial score (nSPS) is 18.1. The van der Waals surface area contributed by atoms with E-state index in [1.165, 1.54) is 6.33 Å². The molecule has 41 heavy (non-hydrogen) atoms. The fourth-order valence-electron chi connectivity index (χ4n) is 5.20. The Labute approximate surface area is 241 Å². The summed E-state index contributed by atoms with van der Waals surface area (Å²) in [6.07, 6.45) is 8.03. The largest absolute Gasteiger partial charge is 0.457 e. The van der Waals surface area contributed by atoms with Crippen molar-refractivity contribution >= 4 is 23.3 Å². The average molecular weight is 555 g/mol. The minimum Gasteiger partial charge on any atom is -0.457 e. The molecule has 3 heterocycles. The van der Waals surface area contributed by atoms with E-state index in [1.807, 2.05) is 65.6 Å². The highest BCUT2D eigenvalue weighted by Gasteiger charge is 2.27. The third-order valence-electron chi connectivity index (χ3n) is 7.59. The minimum absolute atomic E-state index is 0.00690. The maximum absolute atomic E-state index is 12.8. The number of rotatable bonds is 10. The van der Waals surface area contributed by atoms with Crippen LogP contribution in [0.2, 0.25) is 0 Å². The first-order valence-corrected chi connectivity index (χ1v) is 14.1. The number of para-hydroxylation sites is 1. The van der Waals surface area contributed by atoms with Crippen molar-refractivity contribution in [2.24, 2.45) is 0 Å². The smallest absolute Gasteiger partial charge is 0.246 e. The van der Waals surface area contributed by atoms with Gasteiger partial charge in [-0.15, -0.1) is 0 Å². The molecule has 5 rings (SSSR count). The van der Waals surface area contributed by atoms with Crippen molar-refractivity contribution < 1.29 is 9.53 Å². The lowest BCUT2D eigenvalue weighted by Crippen LogP contribution is -2.40. The topological polar surface area (TPSA) is 132 Å². The third kappa shape index (κ3) is 7.47. The Hall–Kier alpha value is -4.28. The summed E-state index contributed by atoms with van der Waals surface area (Å²) in [6, 6.07) is 17.3. The van der Waals surface area contributed by atoms with Gasteiger partial charge in [-0.2, -0.15) is 0 Å². The Morgan fingerprint density at radius 3 is 2.49 bits per heavy atom. The number of ether oxygens (including phenoxy) is 1. The summed E-state index contributed by atoms with van der Waals surface area (Å²) < 4.78 is 5.87. The van der Waals surface area contributed by atoms with Crippen LogP contribution in [0.15, 0.2) is 73.1 Å². The molecule has 1 aromatic heterocycles. The zero-order chi connectivity index (χ0) is 28.6. The SMILES string of the molecule is CN1CCC(NC/C=C/C(=O)N2CC[C@@H](Nc3ncnc(N)c3C(=N)c3ccc(Oc4ccccc4)cc3)C2)CC1. The molecule has 3 aromatic rings.